The van der Waals surface area contributed by atoms with Crippen molar-refractivity contribution in [1.29, 1.82) is 0 Å². The van der Waals surface area contributed by atoms with Gasteiger partial charge in [0.15, 0.2) is 0 Å². The number of alkyl halides is 3. The van der Waals surface area contributed by atoms with Crippen molar-refractivity contribution in [2.45, 2.75) is 15.4 Å². The first-order valence-corrected chi connectivity index (χ1v) is 7.33. The molecule has 0 fully saturated rings. The highest BCUT2D eigenvalue weighted by molar-refractivity contribution is 7.99. The number of nitrogens with zero attached hydrogens (tertiary/aromatic N) is 1. The zero-order chi connectivity index (χ0) is 13.2. The minimum absolute atomic E-state index is 0.461. The van der Waals surface area contributed by atoms with Gasteiger partial charge >= 0.3 is 10.1 Å². The van der Waals surface area contributed by atoms with Crippen LogP contribution in [0.5, 0.6) is 0 Å². The fraction of sp³-hybridized carbons (Fsp3) is 0.364. The first kappa shape index (κ1) is 14.1. The maximum Gasteiger partial charge on any atom is 0.413 e. The predicted octanol–water partition coefficient (Wildman–Crippen LogP) is 4.06. The van der Waals surface area contributed by atoms with E-state index in [0.29, 0.717) is 13.1 Å². The van der Waals surface area contributed by atoms with Crippen molar-refractivity contribution >= 4 is 52.7 Å². The monoisotopic (exact) mass is 325 g/mol. The number of hydrogen-bond acceptors (Lipinski definition) is 3. The van der Waals surface area contributed by atoms with Crippen molar-refractivity contribution in [2.24, 2.45) is 0 Å². The summed E-state index contributed by atoms with van der Waals surface area (Å²) in [6.07, 6.45) is -0.618. The number of rotatable bonds is 0. The third-order valence-corrected chi connectivity index (χ3v) is 3.74. The van der Waals surface area contributed by atoms with Gasteiger partial charge in [0, 0.05) is 17.2 Å². The Bertz CT molecular complexity index is 450. The Hall–Kier alpha value is -0.290. The maximum atomic E-state index is 11.8. The molecule has 0 bridgehead atoms. The van der Waals surface area contributed by atoms with Gasteiger partial charge in [-0.3, -0.25) is 0 Å². The quantitative estimate of drug-likeness (QED) is 0.673. The van der Waals surface area contributed by atoms with E-state index < -0.39 is 10.1 Å². The minimum atomic E-state index is -2.02. The van der Waals surface area contributed by atoms with Crippen LogP contribution in [0.4, 0.5) is 4.79 Å². The van der Waals surface area contributed by atoms with E-state index >= 15 is 0 Å². The zero-order valence-electron chi connectivity index (χ0n) is 9.24. The molecule has 0 unspecified atom stereocenters. The molecule has 0 spiro atoms. The van der Waals surface area contributed by atoms with Crippen LogP contribution in [0.15, 0.2) is 29.2 Å². The van der Waals surface area contributed by atoms with Crippen LogP contribution in [-0.2, 0) is 11.3 Å². The van der Waals surface area contributed by atoms with Crippen LogP contribution in [-0.4, -0.2) is 27.3 Å². The molecular formula is C11H10Cl3NO2S. The van der Waals surface area contributed by atoms with Gasteiger partial charge in [0.05, 0.1) is 6.54 Å². The van der Waals surface area contributed by atoms with E-state index in [1.54, 1.807) is 11.8 Å². The van der Waals surface area contributed by atoms with Crippen LogP contribution in [0.3, 0.4) is 0 Å². The molecule has 3 nitrogen and oxygen atoms in total. The Morgan fingerprint density at radius 3 is 2.78 bits per heavy atom. The van der Waals surface area contributed by atoms with Crippen molar-refractivity contribution < 1.29 is 9.53 Å². The second-order valence-corrected chi connectivity index (χ2v) is 7.01. The average molecular weight is 327 g/mol. The Labute approximate surface area is 124 Å². The molecule has 0 N–H and O–H groups in total. The van der Waals surface area contributed by atoms with Gasteiger partial charge in [0.2, 0.25) is 0 Å². The summed E-state index contributed by atoms with van der Waals surface area (Å²) in [6.45, 7) is 1.02. The molecule has 0 radical (unpaired) electrons. The van der Waals surface area contributed by atoms with Crippen molar-refractivity contribution in [2.75, 3.05) is 12.3 Å². The molecular weight excluding hydrogens is 317 g/mol. The smallest absolute Gasteiger partial charge is 0.398 e. The standard InChI is InChI=1S/C11H10Cl3NO2S/c12-11(13,14)17-10(16)15-5-6-18-9-4-2-1-3-8(9)7-15/h1-4H,5-7H2. The number of fused-ring (bicyclic) bond motifs is 1. The SMILES string of the molecule is O=C(OC(Cl)(Cl)Cl)N1CCSc2ccccc2C1. The highest BCUT2D eigenvalue weighted by Crippen LogP contribution is 2.31. The van der Waals surface area contributed by atoms with E-state index in [-0.39, 0.29) is 0 Å². The number of ether oxygens (including phenoxy) is 1. The normalized spacial score (nSPS) is 15.8. The highest BCUT2D eigenvalue weighted by Gasteiger charge is 2.29. The number of thioether (sulfide) groups is 1. The molecule has 1 aliphatic heterocycles. The molecule has 1 amide bonds. The lowest BCUT2D eigenvalue weighted by atomic mass is 10.2. The lowest BCUT2D eigenvalue weighted by Gasteiger charge is -2.22. The molecule has 0 atom stereocenters. The summed E-state index contributed by atoms with van der Waals surface area (Å²) in [4.78, 5) is 14.5. The fourth-order valence-electron chi connectivity index (χ4n) is 1.65. The van der Waals surface area contributed by atoms with Crippen LogP contribution in [0.2, 0.25) is 0 Å². The highest BCUT2D eigenvalue weighted by atomic mass is 35.6. The van der Waals surface area contributed by atoms with Gasteiger partial charge in [0.1, 0.15) is 0 Å². The number of carbonyl (C=O) groups is 1. The van der Waals surface area contributed by atoms with E-state index in [1.165, 1.54) is 9.80 Å². The van der Waals surface area contributed by atoms with Crippen LogP contribution in [0, 0.1) is 0 Å². The molecule has 98 valence electrons. The molecule has 2 rings (SSSR count). The average Bonchev–Trinajstić information content (AvgIpc) is 2.48. The molecule has 18 heavy (non-hydrogen) atoms. The Kier molecular flexibility index (Phi) is 4.54. The molecule has 1 aliphatic rings. The van der Waals surface area contributed by atoms with Gasteiger partial charge in [-0.2, -0.15) is 0 Å². The summed E-state index contributed by atoms with van der Waals surface area (Å²) in [5.41, 5.74) is 1.07. The number of amides is 1. The molecule has 7 heteroatoms. The number of benzene rings is 1. The van der Waals surface area contributed by atoms with Gasteiger partial charge in [-0.05, 0) is 46.4 Å². The maximum absolute atomic E-state index is 11.8. The summed E-state index contributed by atoms with van der Waals surface area (Å²) in [5, 5.41) is 0. The van der Waals surface area contributed by atoms with Gasteiger partial charge in [-0.25, -0.2) is 4.79 Å². The van der Waals surface area contributed by atoms with Crippen LogP contribution < -0.4 is 0 Å². The van der Waals surface area contributed by atoms with E-state index in [4.69, 9.17) is 39.5 Å². The molecule has 0 aliphatic carbocycles. The third-order valence-electron chi connectivity index (χ3n) is 2.41. The summed E-state index contributed by atoms with van der Waals surface area (Å²) in [5.74, 6) is 0.784. The van der Waals surface area contributed by atoms with Gasteiger partial charge in [-0.15, -0.1) is 11.8 Å². The van der Waals surface area contributed by atoms with Gasteiger partial charge in [0.25, 0.3) is 0 Å². The lowest BCUT2D eigenvalue weighted by Crippen LogP contribution is -2.34. The van der Waals surface area contributed by atoms with E-state index in [2.05, 4.69) is 0 Å². The van der Waals surface area contributed by atoms with Crippen molar-refractivity contribution in [1.82, 2.24) is 4.90 Å². The van der Waals surface area contributed by atoms with Crippen LogP contribution in [0.25, 0.3) is 0 Å². The molecule has 1 aromatic rings. The lowest BCUT2D eigenvalue weighted by molar-refractivity contribution is 0.1000. The molecule has 1 heterocycles. The van der Waals surface area contributed by atoms with Crippen molar-refractivity contribution in [3.05, 3.63) is 29.8 Å². The number of hydrogen-bond donors (Lipinski definition) is 0. The van der Waals surface area contributed by atoms with Crippen LogP contribution >= 0.6 is 46.6 Å². The van der Waals surface area contributed by atoms with Gasteiger partial charge < -0.3 is 9.64 Å². The fourth-order valence-corrected chi connectivity index (χ4v) is 2.87. The number of halogens is 3. The van der Waals surface area contributed by atoms with E-state index in [0.717, 1.165) is 11.3 Å². The second kappa shape index (κ2) is 5.78. The molecule has 1 aromatic carbocycles. The Morgan fingerprint density at radius 2 is 2.06 bits per heavy atom. The zero-order valence-corrected chi connectivity index (χ0v) is 12.3. The molecule has 0 saturated heterocycles. The third kappa shape index (κ3) is 3.85. The molecule has 0 saturated carbocycles. The topological polar surface area (TPSA) is 29.5 Å². The first-order valence-electron chi connectivity index (χ1n) is 5.21. The van der Waals surface area contributed by atoms with Crippen molar-refractivity contribution in [3.63, 3.8) is 0 Å². The van der Waals surface area contributed by atoms with Crippen molar-refractivity contribution in [3.8, 4) is 0 Å². The van der Waals surface area contributed by atoms with Crippen LogP contribution in [0.1, 0.15) is 5.56 Å². The second-order valence-electron chi connectivity index (χ2n) is 3.69. The summed E-state index contributed by atoms with van der Waals surface area (Å²) in [6, 6.07) is 7.91. The van der Waals surface area contributed by atoms with E-state index in [9.17, 15) is 4.79 Å². The predicted molar refractivity (Wildman–Crippen MR) is 74.3 cm³/mol. The van der Waals surface area contributed by atoms with Gasteiger partial charge in [-0.1, -0.05) is 18.2 Å². The Balaban J connectivity index is 2.10. The Morgan fingerprint density at radius 1 is 1.33 bits per heavy atom. The summed E-state index contributed by atoms with van der Waals surface area (Å²) >= 11 is 18.0. The molecule has 0 aromatic heterocycles. The van der Waals surface area contributed by atoms with E-state index in [1.807, 2.05) is 24.3 Å². The summed E-state index contributed by atoms with van der Waals surface area (Å²) in [7, 11) is 0. The minimum Gasteiger partial charge on any atom is -0.398 e. The summed E-state index contributed by atoms with van der Waals surface area (Å²) < 4.78 is 2.70. The number of carbonyl (C=O) groups excluding carboxylic acids is 1. The largest absolute Gasteiger partial charge is 0.413 e. The first-order chi connectivity index (χ1) is 8.46.